The van der Waals surface area contributed by atoms with E-state index in [0.717, 1.165) is 38.4 Å². The summed E-state index contributed by atoms with van der Waals surface area (Å²) in [5, 5.41) is 3.30. The van der Waals surface area contributed by atoms with Crippen molar-refractivity contribution >= 4 is 45.9 Å². The largest absolute Gasteiger partial charge is 0.368 e. The summed E-state index contributed by atoms with van der Waals surface area (Å²) in [4.78, 5) is 21.2. The number of aliphatic imine (C=N–C) groups is 1. The Hall–Kier alpha value is -0.660. The monoisotopic (exact) mass is 545 g/mol. The maximum atomic E-state index is 12.5. The highest BCUT2D eigenvalue weighted by molar-refractivity contribution is 14.0. The van der Waals surface area contributed by atoms with Crippen LogP contribution >= 0.6 is 24.0 Å². The number of halogens is 1. The lowest BCUT2D eigenvalue weighted by molar-refractivity contribution is -0.142. The number of nitrogens with one attached hydrogen (secondary N) is 1. The topological polar surface area (TPSA) is 94.5 Å². The second-order valence-corrected chi connectivity index (χ2v) is 9.14. The van der Waals surface area contributed by atoms with Gasteiger partial charge < -0.3 is 19.9 Å². The predicted octanol–water partition coefficient (Wildman–Crippen LogP) is 0.565. The first kappa shape index (κ1) is 26.4. The van der Waals surface area contributed by atoms with Crippen LogP contribution in [0.25, 0.3) is 0 Å². The van der Waals surface area contributed by atoms with E-state index in [1.807, 2.05) is 18.7 Å². The number of carbonyl (C=O) groups is 1. The number of guanidine groups is 1. The third-order valence-corrected chi connectivity index (χ3v) is 6.46. The zero-order chi connectivity index (χ0) is 20.6. The van der Waals surface area contributed by atoms with Gasteiger partial charge >= 0.3 is 0 Å². The van der Waals surface area contributed by atoms with Crippen molar-refractivity contribution in [3.63, 3.8) is 0 Å². The summed E-state index contributed by atoms with van der Waals surface area (Å²) in [5.41, 5.74) is 0. The molecule has 1 N–H and O–H groups in total. The van der Waals surface area contributed by atoms with Crippen LogP contribution in [-0.4, -0.2) is 106 Å². The van der Waals surface area contributed by atoms with Crippen molar-refractivity contribution in [3.05, 3.63) is 0 Å². The minimum absolute atomic E-state index is 0. The minimum atomic E-state index is -3.16. The fraction of sp³-hybridized carbons (Fsp3) is 0.889. The SMILES string of the molecule is CCNC(=NCCCN(CC)S(C)(=O)=O)N1CCN(C(=O)C2CCCO2)CC1.I. The molecule has 1 atom stereocenters. The number of rotatable bonds is 8. The minimum Gasteiger partial charge on any atom is -0.368 e. The number of hydrogen-bond donors (Lipinski definition) is 1. The van der Waals surface area contributed by atoms with E-state index in [2.05, 4.69) is 15.2 Å². The Labute approximate surface area is 192 Å². The number of amides is 1. The Morgan fingerprint density at radius 2 is 1.86 bits per heavy atom. The third-order valence-electron chi connectivity index (χ3n) is 5.08. The van der Waals surface area contributed by atoms with Gasteiger partial charge in [0.25, 0.3) is 5.91 Å². The van der Waals surface area contributed by atoms with E-state index in [1.54, 1.807) is 0 Å². The maximum absolute atomic E-state index is 12.5. The zero-order valence-corrected chi connectivity index (χ0v) is 20.9. The van der Waals surface area contributed by atoms with Gasteiger partial charge in [-0.2, -0.15) is 0 Å². The van der Waals surface area contributed by atoms with Crippen LogP contribution in [0.1, 0.15) is 33.1 Å². The molecule has 2 fully saturated rings. The molecule has 1 amide bonds. The number of sulfonamides is 1. The van der Waals surface area contributed by atoms with Crippen LogP contribution in [-0.2, 0) is 19.6 Å². The van der Waals surface area contributed by atoms with Crippen molar-refractivity contribution in [1.29, 1.82) is 0 Å². The lowest BCUT2D eigenvalue weighted by Crippen LogP contribution is -2.55. The Morgan fingerprint density at radius 1 is 1.21 bits per heavy atom. The molecular formula is C18H36IN5O4S. The molecule has 11 heteroatoms. The molecule has 170 valence electrons. The molecule has 2 rings (SSSR count). The Morgan fingerprint density at radius 3 is 2.38 bits per heavy atom. The van der Waals surface area contributed by atoms with Gasteiger partial charge in [0, 0.05) is 59.0 Å². The van der Waals surface area contributed by atoms with Crippen LogP contribution in [0.15, 0.2) is 4.99 Å². The summed E-state index contributed by atoms with van der Waals surface area (Å²) >= 11 is 0. The van der Waals surface area contributed by atoms with Gasteiger partial charge in [0.2, 0.25) is 10.0 Å². The van der Waals surface area contributed by atoms with E-state index in [1.165, 1.54) is 10.6 Å². The van der Waals surface area contributed by atoms with Crippen LogP contribution in [0.2, 0.25) is 0 Å². The van der Waals surface area contributed by atoms with Crippen molar-refractivity contribution in [2.24, 2.45) is 4.99 Å². The van der Waals surface area contributed by atoms with Gasteiger partial charge in [-0.25, -0.2) is 12.7 Å². The third kappa shape index (κ3) is 8.18. The first-order chi connectivity index (χ1) is 13.4. The number of nitrogens with zero attached hydrogens (tertiary/aromatic N) is 4. The Balaban J connectivity index is 0.00000420. The predicted molar refractivity (Wildman–Crippen MR) is 125 cm³/mol. The van der Waals surface area contributed by atoms with E-state index in [9.17, 15) is 13.2 Å². The zero-order valence-electron chi connectivity index (χ0n) is 17.8. The molecule has 2 aliphatic rings. The Bertz CT molecular complexity index is 632. The maximum Gasteiger partial charge on any atom is 0.251 e. The second-order valence-electron chi connectivity index (χ2n) is 7.16. The van der Waals surface area contributed by atoms with Gasteiger partial charge in [-0.1, -0.05) is 6.92 Å². The van der Waals surface area contributed by atoms with Crippen molar-refractivity contribution in [1.82, 2.24) is 19.4 Å². The van der Waals surface area contributed by atoms with Gasteiger partial charge in [0.1, 0.15) is 6.10 Å². The highest BCUT2D eigenvalue weighted by Crippen LogP contribution is 2.16. The summed E-state index contributed by atoms with van der Waals surface area (Å²) in [5.74, 6) is 0.939. The lowest BCUT2D eigenvalue weighted by atomic mass is 10.2. The van der Waals surface area contributed by atoms with Crippen LogP contribution < -0.4 is 5.32 Å². The van der Waals surface area contributed by atoms with Crippen molar-refractivity contribution < 1.29 is 17.9 Å². The molecule has 0 aromatic carbocycles. The summed E-state index contributed by atoms with van der Waals surface area (Å²) in [6.45, 7) is 9.61. The van der Waals surface area contributed by atoms with Crippen LogP contribution in [0.4, 0.5) is 0 Å². The molecule has 0 saturated carbocycles. The van der Waals surface area contributed by atoms with Crippen molar-refractivity contribution in [3.8, 4) is 0 Å². The normalized spacial score (nSPS) is 20.7. The molecule has 2 saturated heterocycles. The van der Waals surface area contributed by atoms with Crippen molar-refractivity contribution in [2.75, 3.05) is 65.2 Å². The smallest absolute Gasteiger partial charge is 0.251 e. The van der Waals surface area contributed by atoms with Gasteiger partial charge in [-0.05, 0) is 26.2 Å². The van der Waals surface area contributed by atoms with E-state index in [0.29, 0.717) is 45.8 Å². The quantitative estimate of drug-likeness (QED) is 0.208. The van der Waals surface area contributed by atoms with Gasteiger partial charge in [0.05, 0.1) is 6.26 Å². The molecule has 0 radical (unpaired) electrons. The average molecular weight is 545 g/mol. The first-order valence-corrected chi connectivity index (χ1v) is 12.1. The summed E-state index contributed by atoms with van der Waals surface area (Å²) in [7, 11) is -3.16. The summed E-state index contributed by atoms with van der Waals surface area (Å²) in [6, 6.07) is 0. The summed E-state index contributed by atoms with van der Waals surface area (Å²) in [6.07, 6.45) is 3.44. The molecule has 2 heterocycles. The van der Waals surface area contributed by atoms with E-state index in [4.69, 9.17) is 4.74 Å². The van der Waals surface area contributed by atoms with Gasteiger partial charge in [0.15, 0.2) is 5.96 Å². The van der Waals surface area contributed by atoms with Gasteiger partial charge in [-0.3, -0.25) is 9.79 Å². The standard InChI is InChI=1S/C18H35N5O4S.HI/c1-4-19-18(20-9-7-10-23(5-2)28(3,25)26)22-13-11-21(12-14-22)17(24)16-8-6-15-27-16;/h16H,4-15H2,1-3H3,(H,19,20);1H. The number of piperazine rings is 1. The van der Waals surface area contributed by atoms with Crippen LogP contribution in [0.3, 0.4) is 0 Å². The van der Waals surface area contributed by atoms with Crippen LogP contribution in [0.5, 0.6) is 0 Å². The molecule has 0 aromatic rings. The molecule has 9 nitrogen and oxygen atoms in total. The second kappa shape index (κ2) is 12.9. The molecule has 0 aromatic heterocycles. The number of hydrogen-bond acceptors (Lipinski definition) is 5. The van der Waals surface area contributed by atoms with E-state index in [-0.39, 0.29) is 36.0 Å². The molecule has 0 spiro atoms. The fourth-order valence-electron chi connectivity index (χ4n) is 3.53. The molecular weight excluding hydrogens is 509 g/mol. The first-order valence-electron chi connectivity index (χ1n) is 10.3. The van der Waals surface area contributed by atoms with Crippen LogP contribution in [0, 0.1) is 0 Å². The molecule has 0 bridgehead atoms. The van der Waals surface area contributed by atoms with Crippen molar-refractivity contribution in [2.45, 2.75) is 39.2 Å². The highest BCUT2D eigenvalue weighted by atomic mass is 127. The highest BCUT2D eigenvalue weighted by Gasteiger charge is 2.30. The number of ether oxygens (including phenoxy) is 1. The molecule has 0 aliphatic carbocycles. The summed E-state index contributed by atoms with van der Waals surface area (Å²) < 4.78 is 30.3. The average Bonchev–Trinajstić information content (AvgIpc) is 3.20. The lowest BCUT2D eigenvalue weighted by Gasteiger charge is -2.37. The fourth-order valence-corrected chi connectivity index (χ4v) is 4.46. The number of carbonyl (C=O) groups excluding carboxylic acids is 1. The molecule has 1 unspecified atom stereocenters. The Kier molecular flexibility index (Phi) is 11.7. The molecule has 29 heavy (non-hydrogen) atoms. The van der Waals surface area contributed by atoms with Gasteiger partial charge in [-0.15, -0.1) is 24.0 Å². The molecule has 2 aliphatic heterocycles. The van der Waals surface area contributed by atoms with E-state index < -0.39 is 10.0 Å². The van der Waals surface area contributed by atoms with E-state index >= 15 is 0 Å².